The third kappa shape index (κ3) is 5.48. The van der Waals surface area contributed by atoms with Crippen LogP contribution in [0.2, 0.25) is 0 Å². The first kappa shape index (κ1) is 14.4. The number of piperazine rings is 1. The van der Waals surface area contributed by atoms with Crippen molar-refractivity contribution in [3.05, 3.63) is 0 Å². The molecular weight excluding hydrogens is 218 g/mol. The van der Waals surface area contributed by atoms with Gasteiger partial charge in [0.2, 0.25) is 0 Å². The highest BCUT2D eigenvalue weighted by atomic mass is 16.4. The molecule has 0 aromatic heterocycles. The van der Waals surface area contributed by atoms with Crippen LogP contribution in [0.4, 0.5) is 0 Å². The monoisotopic (exact) mass is 243 g/mol. The first-order chi connectivity index (χ1) is 8.13. The number of rotatable bonds is 7. The summed E-state index contributed by atoms with van der Waals surface area (Å²) >= 11 is 0. The van der Waals surface area contributed by atoms with Gasteiger partial charge < -0.3 is 15.3 Å². The molecule has 5 nitrogen and oxygen atoms in total. The summed E-state index contributed by atoms with van der Waals surface area (Å²) in [6.07, 6.45) is 1.61. The van der Waals surface area contributed by atoms with Gasteiger partial charge in [0.15, 0.2) is 0 Å². The van der Waals surface area contributed by atoms with E-state index in [9.17, 15) is 4.79 Å². The van der Waals surface area contributed by atoms with Crippen LogP contribution in [0.25, 0.3) is 0 Å². The summed E-state index contributed by atoms with van der Waals surface area (Å²) in [6, 6.07) is -0.382. The fourth-order valence-corrected chi connectivity index (χ4v) is 2.07. The molecule has 100 valence electrons. The number of nitrogens with one attached hydrogen (secondary N) is 1. The predicted molar refractivity (Wildman–Crippen MR) is 68.3 cm³/mol. The second kappa shape index (κ2) is 7.63. The molecule has 17 heavy (non-hydrogen) atoms. The summed E-state index contributed by atoms with van der Waals surface area (Å²) in [4.78, 5) is 15.6. The van der Waals surface area contributed by atoms with E-state index in [-0.39, 0.29) is 6.04 Å². The van der Waals surface area contributed by atoms with E-state index in [2.05, 4.69) is 22.2 Å². The second-order valence-corrected chi connectivity index (χ2v) is 4.78. The van der Waals surface area contributed by atoms with Crippen molar-refractivity contribution in [1.82, 2.24) is 15.1 Å². The van der Waals surface area contributed by atoms with E-state index < -0.39 is 5.97 Å². The quantitative estimate of drug-likeness (QED) is 0.663. The SMILES string of the molecule is CCCC(NCCN1CCN(C)CC1)C(=O)O. The zero-order valence-corrected chi connectivity index (χ0v) is 11.0. The Hall–Kier alpha value is -0.650. The van der Waals surface area contributed by atoms with Crippen LogP contribution in [0.1, 0.15) is 19.8 Å². The van der Waals surface area contributed by atoms with Crippen molar-refractivity contribution in [2.24, 2.45) is 0 Å². The minimum absolute atomic E-state index is 0.382. The van der Waals surface area contributed by atoms with Crippen LogP contribution in [0.15, 0.2) is 0 Å². The first-order valence-corrected chi connectivity index (χ1v) is 6.50. The Balaban J connectivity index is 2.15. The number of nitrogens with zero attached hydrogens (tertiary/aromatic N) is 2. The molecule has 1 fully saturated rings. The molecule has 0 aromatic rings. The molecule has 1 rings (SSSR count). The molecule has 0 saturated carbocycles. The first-order valence-electron chi connectivity index (χ1n) is 6.50. The van der Waals surface area contributed by atoms with E-state index in [1.807, 2.05) is 6.92 Å². The van der Waals surface area contributed by atoms with Crippen LogP contribution in [0.3, 0.4) is 0 Å². The lowest BCUT2D eigenvalue weighted by atomic mass is 10.1. The summed E-state index contributed by atoms with van der Waals surface area (Å²) in [5.41, 5.74) is 0. The van der Waals surface area contributed by atoms with Crippen LogP contribution in [0.5, 0.6) is 0 Å². The molecule has 0 aromatic carbocycles. The van der Waals surface area contributed by atoms with Crippen molar-refractivity contribution in [2.75, 3.05) is 46.3 Å². The minimum atomic E-state index is -0.731. The summed E-state index contributed by atoms with van der Waals surface area (Å²) in [6.45, 7) is 8.11. The van der Waals surface area contributed by atoms with Crippen LogP contribution >= 0.6 is 0 Å². The minimum Gasteiger partial charge on any atom is -0.480 e. The van der Waals surface area contributed by atoms with E-state index in [1.54, 1.807) is 0 Å². The topological polar surface area (TPSA) is 55.8 Å². The molecule has 0 amide bonds. The highest BCUT2D eigenvalue weighted by Crippen LogP contribution is 1.99. The zero-order chi connectivity index (χ0) is 12.7. The van der Waals surface area contributed by atoms with Gasteiger partial charge in [0.25, 0.3) is 0 Å². The van der Waals surface area contributed by atoms with E-state index in [4.69, 9.17) is 5.11 Å². The van der Waals surface area contributed by atoms with Gasteiger partial charge in [-0.05, 0) is 13.5 Å². The molecule has 0 bridgehead atoms. The maximum Gasteiger partial charge on any atom is 0.320 e. The number of hydrogen-bond acceptors (Lipinski definition) is 4. The number of likely N-dealkylation sites (N-methyl/N-ethyl adjacent to an activating group) is 1. The molecular formula is C12H25N3O2. The van der Waals surface area contributed by atoms with Gasteiger partial charge in [0.05, 0.1) is 0 Å². The molecule has 1 saturated heterocycles. The average Bonchev–Trinajstić information content (AvgIpc) is 2.30. The third-order valence-corrected chi connectivity index (χ3v) is 3.29. The molecule has 1 heterocycles. The molecule has 1 aliphatic rings. The highest BCUT2D eigenvalue weighted by molar-refractivity contribution is 5.73. The Labute approximate surface area is 104 Å². The largest absolute Gasteiger partial charge is 0.480 e. The van der Waals surface area contributed by atoms with E-state index in [0.29, 0.717) is 6.42 Å². The number of carboxylic acids is 1. The standard InChI is InChI=1S/C12H25N3O2/c1-3-4-11(12(16)17)13-5-6-15-9-7-14(2)8-10-15/h11,13H,3-10H2,1-2H3,(H,16,17). The Morgan fingerprint density at radius 1 is 1.35 bits per heavy atom. The average molecular weight is 243 g/mol. The molecule has 5 heteroatoms. The molecule has 1 unspecified atom stereocenters. The number of aliphatic carboxylic acids is 1. The second-order valence-electron chi connectivity index (χ2n) is 4.78. The Kier molecular flexibility index (Phi) is 6.47. The van der Waals surface area contributed by atoms with Crippen LogP contribution in [-0.2, 0) is 4.79 Å². The Bertz CT molecular complexity index is 228. The maximum atomic E-state index is 10.9. The number of carboxylic acid groups (broad SMARTS) is 1. The molecule has 2 N–H and O–H groups in total. The fraction of sp³-hybridized carbons (Fsp3) is 0.917. The summed E-state index contributed by atoms with van der Waals surface area (Å²) in [5, 5.41) is 12.1. The normalized spacial score (nSPS) is 20.4. The van der Waals surface area contributed by atoms with Gasteiger partial charge >= 0.3 is 5.97 Å². The van der Waals surface area contributed by atoms with Crippen LogP contribution in [-0.4, -0.2) is 73.2 Å². The molecule has 1 aliphatic heterocycles. The molecule has 1 atom stereocenters. The van der Waals surface area contributed by atoms with Crippen molar-refractivity contribution in [3.8, 4) is 0 Å². The van der Waals surface area contributed by atoms with Crippen LogP contribution in [0, 0.1) is 0 Å². The number of carbonyl (C=O) groups is 1. The van der Waals surface area contributed by atoms with E-state index in [0.717, 1.165) is 45.7 Å². The van der Waals surface area contributed by atoms with E-state index >= 15 is 0 Å². The van der Waals surface area contributed by atoms with Gasteiger partial charge in [-0.15, -0.1) is 0 Å². The van der Waals surface area contributed by atoms with Crippen LogP contribution < -0.4 is 5.32 Å². The van der Waals surface area contributed by atoms with Crippen molar-refractivity contribution >= 4 is 5.97 Å². The fourth-order valence-electron chi connectivity index (χ4n) is 2.07. The van der Waals surface area contributed by atoms with Crippen molar-refractivity contribution < 1.29 is 9.90 Å². The summed E-state index contributed by atoms with van der Waals surface area (Å²) < 4.78 is 0. The summed E-state index contributed by atoms with van der Waals surface area (Å²) in [5.74, 6) is -0.731. The molecule has 0 spiro atoms. The Morgan fingerprint density at radius 2 is 2.00 bits per heavy atom. The molecule has 0 aliphatic carbocycles. The Morgan fingerprint density at radius 3 is 2.53 bits per heavy atom. The lowest BCUT2D eigenvalue weighted by Crippen LogP contribution is -2.48. The smallest absolute Gasteiger partial charge is 0.320 e. The van der Waals surface area contributed by atoms with Crippen molar-refractivity contribution in [3.63, 3.8) is 0 Å². The van der Waals surface area contributed by atoms with Gasteiger partial charge in [-0.1, -0.05) is 13.3 Å². The summed E-state index contributed by atoms with van der Waals surface area (Å²) in [7, 11) is 2.14. The van der Waals surface area contributed by atoms with Gasteiger partial charge in [0, 0.05) is 39.3 Å². The zero-order valence-electron chi connectivity index (χ0n) is 11.0. The molecule has 0 radical (unpaired) electrons. The lowest BCUT2D eigenvalue weighted by Gasteiger charge is -2.32. The maximum absolute atomic E-state index is 10.9. The van der Waals surface area contributed by atoms with Gasteiger partial charge in [-0.2, -0.15) is 0 Å². The van der Waals surface area contributed by atoms with Crippen molar-refractivity contribution in [1.29, 1.82) is 0 Å². The van der Waals surface area contributed by atoms with Crippen molar-refractivity contribution in [2.45, 2.75) is 25.8 Å². The predicted octanol–water partition coefficient (Wildman–Crippen LogP) is 0.0767. The lowest BCUT2D eigenvalue weighted by molar-refractivity contribution is -0.139. The third-order valence-electron chi connectivity index (χ3n) is 3.29. The van der Waals surface area contributed by atoms with E-state index in [1.165, 1.54) is 0 Å². The van der Waals surface area contributed by atoms with Gasteiger partial charge in [0.1, 0.15) is 6.04 Å². The number of hydrogen-bond donors (Lipinski definition) is 2. The van der Waals surface area contributed by atoms with Gasteiger partial charge in [-0.3, -0.25) is 9.69 Å². The van der Waals surface area contributed by atoms with Gasteiger partial charge in [-0.25, -0.2) is 0 Å². The highest BCUT2D eigenvalue weighted by Gasteiger charge is 2.17.